The second-order valence-corrected chi connectivity index (χ2v) is 9.37. The zero-order valence-electron chi connectivity index (χ0n) is 15.4. The van der Waals surface area contributed by atoms with Gasteiger partial charge in [0, 0.05) is 25.4 Å². The molecule has 134 valence electrons. The van der Waals surface area contributed by atoms with Crippen LogP contribution in [0.3, 0.4) is 0 Å². The maximum atomic E-state index is 12.4. The number of carbonyl (C=O) groups excluding carboxylic acids is 2. The van der Waals surface area contributed by atoms with Crippen LogP contribution in [0.2, 0.25) is 0 Å². The molecule has 0 aromatic rings. The van der Waals surface area contributed by atoms with Crippen molar-refractivity contribution in [1.29, 1.82) is 0 Å². The van der Waals surface area contributed by atoms with Crippen molar-refractivity contribution in [3.05, 3.63) is 0 Å². The molecule has 1 aliphatic heterocycles. The van der Waals surface area contributed by atoms with Crippen LogP contribution in [0, 0.1) is 34.5 Å². The Balaban J connectivity index is 1.61. The number of amides is 2. The summed E-state index contributed by atoms with van der Waals surface area (Å²) in [6.07, 6.45) is 8.77. The van der Waals surface area contributed by atoms with Crippen LogP contribution >= 0.6 is 0 Å². The van der Waals surface area contributed by atoms with Gasteiger partial charge >= 0.3 is 0 Å². The van der Waals surface area contributed by atoms with Crippen molar-refractivity contribution in [1.82, 2.24) is 10.6 Å². The van der Waals surface area contributed by atoms with E-state index in [2.05, 4.69) is 24.5 Å². The zero-order valence-corrected chi connectivity index (χ0v) is 15.4. The molecule has 4 aliphatic rings. The van der Waals surface area contributed by atoms with Crippen LogP contribution < -0.4 is 10.6 Å². The first-order chi connectivity index (χ1) is 11.4. The van der Waals surface area contributed by atoms with Gasteiger partial charge in [0.2, 0.25) is 11.8 Å². The van der Waals surface area contributed by atoms with Gasteiger partial charge in [0.05, 0.1) is 0 Å². The van der Waals surface area contributed by atoms with Gasteiger partial charge in [-0.15, -0.1) is 0 Å². The highest BCUT2D eigenvalue weighted by atomic mass is 16.2. The molecule has 5 unspecified atom stereocenters. The third-order valence-corrected chi connectivity index (χ3v) is 8.66. The normalized spacial score (nSPS) is 50.3. The number of hydrogen-bond acceptors (Lipinski definition) is 2. The van der Waals surface area contributed by atoms with Crippen LogP contribution in [0.1, 0.15) is 65.2 Å². The molecule has 2 amide bonds. The molecular formula is C20H32N2O2. The zero-order chi connectivity index (χ0) is 17.1. The molecule has 4 rings (SSSR count). The first-order valence-corrected chi connectivity index (χ1v) is 9.91. The molecule has 7 atom stereocenters. The molecule has 1 heterocycles. The summed E-state index contributed by atoms with van der Waals surface area (Å²) in [7, 11) is 1.78. The molecule has 0 aromatic carbocycles. The van der Waals surface area contributed by atoms with Crippen molar-refractivity contribution >= 4 is 11.8 Å². The fraction of sp³-hybridized carbons (Fsp3) is 0.900. The van der Waals surface area contributed by atoms with Gasteiger partial charge in [0.15, 0.2) is 0 Å². The van der Waals surface area contributed by atoms with Crippen LogP contribution in [-0.2, 0) is 9.59 Å². The van der Waals surface area contributed by atoms with Crippen molar-refractivity contribution in [2.75, 3.05) is 7.05 Å². The van der Waals surface area contributed by atoms with Crippen LogP contribution in [0.5, 0.6) is 0 Å². The van der Waals surface area contributed by atoms with Gasteiger partial charge in [-0.25, -0.2) is 0 Å². The third-order valence-electron chi connectivity index (χ3n) is 8.66. The average molecular weight is 332 g/mol. The molecule has 4 fully saturated rings. The van der Waals surface area contributed by atoms with Crippen molar-refractivity contribution in [3.63, 3.8) is 0 Å². The Hall–Kier alpha value is -1.06. The maximum absolute atomic E-state index is 12.4. The smallest absolute Gasteiger partial charge is 0.223 e. The number of rotatable bonds is 1. The summed E-state index contributed by atoms with van der Waals surface area (Å²) < 4.78 is 0. The first kappa shape index (κ1) is 16.4. The van der Waals surface area contributed by atoms with E-state index in [0.717, 1.165) is 31.1 Å². The van der Waals surface area contributed by atoms with E-state index in [9.17, 15) is 9.59 Å². The molecule has 1 saturated heterocycles. The average Bonchev–Trinajstić information content (AvgIpc) is 2.92. The summed E-state index contributed by atoms with van der Waals surface area (Å²) in [5.41, 5.74) is 0.450. The van der Waals surface area contributed by atoms with E-state index in [-0.39, 0.29) is 28.6 Å². The lowest BCUT2D eigenvalue weighted by Crippen LogP contribution is -2.61. The van der Waals surface area contributed by atoms with Crippen LogP contribution in [0.25, 0.3) is 0 Å². The third kappa shape index (κ3) is 2.10. The highest BCUT2D eigenvalue weighted by molar-refractivity contribution is 5.79. The summed E-state index contributed by atoms with van der Waals surface area (Å²) in [4.78, 5) is 24.3. The second kappa shape index (κ2) is 5.47. The lowest BCUT2D eigenvalue weighted by Gasteiger charge is -2.60. The van der Waals surface area contributed by atoms with Crippen molar-refractivity contribution in [2.24, 2.45) is 34.5 Å². The lowest BCUT2D eigenvalue weighted by molar-refractivity contribution is -0.141. The van der Waals surface area contributed by atoms with E-state index in [1.54, 1.807) is 7.05 Å². The number of fused-ring (bicyclic) bond motifs is 5. The SMILES string of the molecule is CNC(=O)[C@H]1CCC2C3CC[C@@H]4NC(=O)CCC4(C)C3CCC21C. The predicted molar refractivity (Wildman–Crippen MR) is 93.1 cm³/mol. The summed E-state index contributed by atoms with van der Waals surface area (Å²) in [5, 5.41) is 6.20. The standard InChI is InChI=1S/C20H32N2O2/c1-19-10-8-14-12(13(19)5-6-15(19)18(24)21-3)4-7-16-20(14,2)11-9-17(23)22-16/h12-16H,4-11H2,1-3H3,(H,21,24)(H,22,23)/t12?,13?,14?,15-,16+,19?,20?/m1/s1. The summed E-state index contributed by atoms with van der Waals surface area (Å²) in [5.74, 6) is 2.85. The summed E-state index contributed by atoms with van der Waals surface area (Å²) in [6.45, 7) is 4.82. The monoisotopic (exact) mass is 332 g/mol. The van der Waals surface area contributed by atoms with Gasteiger partial charge in [-0.05, 0) is 73.5 Å². The van der Waals surface area contributed by atoms with Crippen LogP contribution in [0.15, 0.2) is 0 Å². The van der Waals surface area contributed by atoms with Crippen molar-refractivity contribution < 1.29 is 9.59 Å². The van der Waals surface area contributed by atoms with E-state index in [0.29, 0.717) is 18.4 Å². The molecule has 0 spiro atoms. The quantitative estimate of drug-likeness (QED) is 0.776. The lowest BCUT2D eigenvalue weighted by atomic mass is 9.47. The van der Waals surface area contributed by atoms with E-state index in [1.807, 2.05) is 0 Å². The molecule has 2 N–H and O–H groups in total. The molecule has 0 radical (unpaired) electrons. The van der Waals surface area contributed by atoms with Crippen molar-refractivity contribution in [3.8, 4) is 0 Å². The number of nitrogens with one attached hydrogen (secondary N) is 2. The van der Waals surface area contributed by atoms with Gasteiger partial charge < -0.3 is 10.6 Å². The van der Waals surface area contributed by atoms with Gasteiger partial charge in [0.25, 0.3) is 0 Å². The first-order valence-electron chi connectivity index (χ1n) is 9.91. The molecule has 24 heavy (non-hydrogen) atoms. The minimum absolute atomic E-state index is 0.183. The predicted octanol–water partition coefficient (Wildman–Crippen LogP) is 2.87. The van der Waals surface area contributed by atoms with E-state index in [1.165, 1.54) is 25.7 Å². The highest BCUT2D eigenvalue weighted by Crippen LogP contribution is 2.65. The Kier molecular flexibility index (Phi) is 3.74. The van der Waals surface area contributed by atoms with E-state index < -0.39 is 0 Å². The largest absolute Gasteiger partial charge is 0.359 e. The Morgan fingerprint density at radius 1 is 1.04 bits per heavy atom. The molecular weight excluding hydrogens is 300 g/mol. The molecule has 4 nitrogen and oxygen atoms in total. The van der Waals surface area contributed by atoms with Crippen LogP contribution in [0.4, 0.5) is 0 Å². The number of piperidine rings is 1. The highest BCUT2D eigenvalue weighted by Gasteiger charge is 2.61. The van der Waals surface area contributed by atoms with Gasteiger partial charge in [-0.1, -0.05) is 13.8 Å². The van der Waals surface area contributed by atoms with E-state index >= 15 is 0 Å². The fourth-order valence-corrected chi connectivity index (χ4v) is 7.31. The molecule has 0 bridgehead atoms. The Morgan fingerprint density at radius 3 is 2.54 bits per heavy atom. The molecule has 4 heteroatoms. The van der Waals surface area contributed by atoms with Crippen molar-refractivity contribution in [2.45, 2.75) is 71.3 Å². The minimum atomic E-state index is 0.183. The number of hydrogen-bond donors (Lipinski definition) is 2. The van der Waals surface area contributed by atoms with E-state index in [4.69, 9.17) is 0 Å². The van der Waals surface area contributed by atoms with Gasteiger partial charge in [0.1, 0.15) is 0 Å². The van der Waals surface area contributed by atoms with Gasteiger partial charge in [-0.2, -0.15) is 0 Å². The molecule has 0 aromatic heterocycles. The molecule has 3 aliphatic carbocycles. The Morgan fingerprint density at radius 2 is 1.79 bits per heavy atom. The Labute approximate surface area is 145 Å². The Bertz CT molecular complexity index is 562. The minimum Gasteiger partial charge on any atom is -0.359 e. The topological polar surface area (TPSA) is 58.2 Å². The number of carbonyl (C=O) groups is 2. The maximum Gasteiger partial charge on any atom is 0.223 e. The summed E-state index contributed by atoms with van der Waals surface area (Å²) >= 11 is 0. The summed E-state index contributed by atoms with van der Waals surface area (Å²) in [6, 6.07) is 0.375. The molecule has 3 saturated carbocycles. The van der Waals surface area contributed by atoms with Crippen LogP contribution in [-0.4, -0.2) is 24.9 Å². The fourth-order valence-electron chi connectivity index (χ4n) is 7.31. The van der Waals surface area contributed by atoms with Gasteiger partial charge in [-0.3, -0.25) is 9.59 Å². The second-order valence-electron chi connectivity index (χ2n) is 9.37.